The highest BCUT2D eigenvalue weighted by Gasteiger charge is 2.11. The number of nitrogens with one attached hydrogen (secondary N) is 1. The van der Waals surface area contributed by atoms with Crippen molar-refractivity contribution >= 4 is 11.6 Å². The third-order valence-electron chi connectivity index (χ3n) is 2.08. The van der Waals surface area contributed by atoms with Gasteiger partial charge in [-0.15, -0.1) is 12.3 Å². The van der Waals surface area contributed by atoms with Gasteiger partial charge in [0, 0.05) is 13.0 Å². The van der Waals surface area contributed by atoms with Crippen molar-refractivity contribution in [2.45, 2.75) is 12.8 Å². The van der Waals surface area contributed by atoms with Gasteiger partial charge >= 0.3 is 0 Å². The first-order valence-electron chi connectivity index (χ1n) is 4.92. The molecule has 0 aromatic heterocycles. The molecule has 3 N–H and O–H groups in total. The molecule has 1 aromatic rings. The molecule has 0 aliphatic heterocycles. The second kappa shape index (κ2) is 5.76. The molecule has 16 heavy (non-hydrogen) atoms. The minimum atomic E-state index is -0.587. The summed E-state index contributed by atoms with van der Waals surface area (Å²) in [6.45, 7) is 0.457. The van der Waals surface area contributed by atoms with E-state index in [1.165, 1.54) is 18.2 Å². The monoisotopic (exact) mass is 220 g/mol. The standard InChI is InChI=1S/C12H13FN2O/c1-2-3-4-8-15-12(16)9-6-5-7-10(13)11(9)14/h1,5-7H,3-4,8,14H2,(H,15,16). The lowest BCUT2D eigenvalue weighted by Crippen LogP contribution is -2.25. The van der Waals surface area contributed by atoms with Crippen molar-refractivity contribution < 1.29 is 9.18 Å². The maximum atomic E-state index is 13.1. The number of nitrogen functional groups attached to an aromatic ring is 1. The van der Waals surface area contributed by atoms with Crippen molar-refractivity contribution in [3.05, 3.63) is 29.6 Å². The number of hydrogen-bond acceptors (Lipinski definition) is 2. The van der Waals surface area contributed by atoms with Gasteiger partial charge in [-0.05, 0) is 18.6 Å². The highest BCUT2D eigenvalue weighted by atomic mass is 19.1. The Hall–Kier alpha value is -2.02. The first-order valence-corrected chi connectivity index (χ1v) is 4.92. The molecule has 0 radical (unpaired) electrons. The zero-order chi connectivity index (χ0) is 12.0. The van der Waals surface area contributed by atoms with Gasteiger partial charge < -0.3 is 11.1 Å². The summed E-state index contributed by atoms with van der Waals surface area (Å²) in [7, 11) is 0. The fourth-order valence-electron chi connectivity index (χ4n) is 1.22. The number of carbonyl (C=O) groups is 1. The number of hydrogen-bond donors (Lipinski definition) is 2. The molecule has 0 fully saturated rings. The summed E-state index contributed by atoms with van der Waals surface area (Å²) in [6, 6.07) is 4.14. The van der Waals surface area contributed by atoms with E-state index < -0.39 is 5.82 Å². The zero-order valence-electron chi connectivity index (χ0n) is 8.79. The van der Waals surface area contributed by atoms with E-state index in [2.05, 4.69) is 11.2 Å². The van der Waals surface area contributed by atoms with E-state index in [-0.39, 0.29) is 17.2 Å². The van der Waals surface area contributed by atoms with Gasteiger partial charge in [0.1, 0.15) is 5.82 Å². The molecule has 1 amide bonds. The van der Waals surface area contributed by atoms with Crippen molar-refractivity contribution in [2.75, 3.05) is 12.3 Å². The number of nitrogens with two attached hydrogens (primary N) is 1. The Morgan fingerprint density at radius 2 is 2.31 bits per heavy atom. The lowest BCUT2D eigenvalue weighted by atomic mass is 10.1. The zero-order valence-corrected chi connectivity index (χ0v) is 8.79. The van der Waals surface area contributed by atoms with E-state index in [1.54, 1.807) is 0 Å². The van der Waals surface area contributed by atoms with E-state index in [4.69, 9.17) is 12.2 Å². The predicted molar refractivity (Wildman–Crippen MR) is 61.2 cm³/mol. The molecule has 1 rings (SSSR count). The fraction of sp³-hybridized carbons (Fsp3) is 0.250. The van der Waals surface area contributed by atoms with E-state index in [1.807, 2.05) is 0 Å². The van der Waals surface area contributed by atoms with Crippen LogP contribution in [0.1, 0.15) is 23.2 Å². The molecular formula is C12H13FN2O. The number of para-hydroxylation sites is 1. The van der Waals surface area contributed by atoms with E-state index in [9.17, 15) is 9.18 Å². The second-order valence-corrected chi connectivity index (χ2v) is 3.26. The summed E-state index contributed by atoms with van der Waals surface area (Å²) in [4.78, 5) is 11.6. The molecule has 84 valence electrons. The highest BCUT2D eigenvalue weighted by molar-refractivity contribution is 5.99. The van der Waals surface area contributed by atoms with Gasteiger partial charge in [0.15, 0.2) is 0 Å². The first-order chi connectivity index (χ1) is 7.66. The van der Waals surface area contributed by atoms with Crippen LogP contribution in [0.25, 0.3) is 0 Å². The summed E-state index contributed by atoms with van der Waals surface area (Å²) in [5, 5.41) is 2.62. The Morgan fingerprint density at radius 3 is 3.00 bits per heavy atom. The minimum absolute atomic E-state index is 0.128. The number of anilines is 1. The lowest BCUT2D eigenvalue weighted by molar-refractivity contribution is 0.0954. The van der Waals surface area contributed by atoms with Crippen LogP contribution in [-0.2, 0) is 0 Å². The van der Waals surface area contributed by atoms with Crippen LogP contribution in [0.2, 0.25) is 0 Å². The van der Waals surface area contributed by atoms with Crippen molar-refractivity contribution in [1.82, 2.24) is 5.32 Å². The van der Waals surface area contributed by atoms with Crippen LogP contribution in [0.3, 0.4) is 0 Å². The molecule has 0 saturated heterocycles. The molecule has 0 unspecified atom stereocenters. The summed E-state index contributed by atoms with van der Waals surface area (Å²) in [6.07, 6.45) is 6.36. The largest absolute Gasteiger partial charge is 0.396 e. The summed E-state index contributed by atoms with van der Waals surface area (Å²) < 4.78 is 13.1. The van der Waals surface area contributed by atoms with E-state index >= 15 is 0 Å². The van der Waals surface area contributed by atoms with Crippen LogP contribution >= 0.6 is 0 Å². The number of halogens is 1. The molecule has 0 atom stereocenters. The number of carbonyl (C=O) groups excluding carboxylic acids is 1. The molecule has 0 aliphatic rings. The average Bonchev–Trinajstić information content (AvgIpc) is 2.28. The van der Waals surface area contributed by atoms with Crippen molar-refractivity contribution in [2.24, 2.45) is 0 Å². The van der Waals surface area contributed by atoms with Crippen LogP contribution in [0.15, 0.2) is 18.2 Å². The number of rotatable bonds is 4. The van der Waals surface area contributed by atoms with Gasteiger partial charge in [0.2, 0.25) is 0 Å². The molecule has 3 nitrogen and oxygen atoms in total. The van der Waals surface area contributed by atoms with Crippen LogP contribution in [0.5, 0.6) is 0 Å². The maximum Gasteiger partial charge on any atom is 0.253 e. The number of benzene rings is 1. The van der Waals surface area contributed by atoms with Gasteiger partial charge in [-0.1, -0.05) is 6.07 Å². The minimum Gasteiger partial charge on any atom is -0.396 e. The van der Waals surface area contributed by atoms with Crippen molar-refractivity contribution in [3.8, 4) is 12.3 Å². The van der Waals surface area contributed by atoms with Crippen LogP contribution in [-0.4, -0.2) is 12.5 Å². The molecule has 1 aromatic carbocycles. The SMILES string of the molecule is C#CCCCNC(=O)c1cccc(F)c1N. The molecular weight excluding hydrogens is 207 g/mol. The summed E-state index contributed by atoms with van der Waals surface area (Å²) in [5.74, 6) is 1.50. The average molecular weight is 220 g/mol. The Morgan fingerprint density at radius 1 is 1.56 bits per heavy atom. The second-order valence-electron chi connectivity index (χ2n) is 3.26. The van der Waals surface area contributed by atoms with Crippen LogP contribution < -0.4 is 11.1 Å². The number of amides is 1. The lowest BCUT2D eigenvalue weighted by Gasteiger charge is -2.07. The summed E-state index contributed by atoms with van der Waals surface area (Å²) in [5.41, 5.74) is 5.47. The van der Waals surface area contributed by atoms with Gasteiger partial charge in [0.25, 0.3) is 5.91 Å². The molecule has 0 saturated carbocycles. The normalized spacial score (nSPS) is 9.50. The topological polar surface area (TPSA) is 55.1 Å². The maximum absolute atomic E-state index is 13.1. The Bertz CT molecular complexity index is 424. The number of terminal acetylenes is 1. The molecule has 0 aliphatic carbocycles. The van der Waals surface area contributed by atoms with Crippen molar-refractivity contribution in [1.29, 1.82) is 0 Å². The smallest absolute Gasteiger partial charge is 0.253 e. The molecule has 0 heterocycles. The van der Waals surface area contributed by atoms with E-state index in [0.29, 0.717) is 19.4 Å². The van der Waals surface area contributed by atoms with Crippen molar-refractivity contribution in [3.63, 3.8) is 0 Å². The quantitative estimate of drug-likeness (QED) is 0.459. The van der Waals surface area contributed by atoms with Crippen LogP contribution in [0, 0.1) is 18.2 Å². The van der Waals surface area contributed by atoms with Gasteiger partial charge in [-0.3, -0.25) is 4.79 Å². The Kier molecular flexibility index (Phi) is 4.34. The van der Waals surface area contributed by atoms with Gasteiger partial charge in [-0.25, -0.2) is 4.39 Å². The van der Waals surface area contributed by atoms with E-state index in [0.717, 1.165) is 0 Å². The number of unbranched alkanes of at least 4 members (excludes halogenated alkanes) is 1. The summed E-state index contributed by atoms with van der Waals surface area (Å²) >= 11 is 0. The highest BCUT2D eigenvalue weighted by Crippen LogP contribution is 2.15. The Balaban J connectivity index is 2.60. The van der Waals surface area contributed by atoms with Gasteiger partial charge in [0.05, 0.1) is 11.3 Å². The molecule has 0 spiro atoms. The molecule has 0 bridgehead atoms. The third kappa shape index (κ3) is 2.99. The molecule has 4 heteroatoms. The first kappa shape index (κ1) is 12.1. The van der Waals surface area contributed by atoms with Crippen LogP contribution in [0.4, 0.5) is 10.1 Å². The van der Waals surface area contributed by atoms with Gasteiger partial charge in [-0.2, -0.15) is 0 Å². The fourth-order valence-corrected chi connectivity index (χ4v) is 1.22. The Labute approximate surface area is 93.8 Å². The predicted octanol–water partition coefficient (Wildman–Crippen LogP) is 1.55. The third-order valence-corrected chi connectivity index (χ3v) is 2.08.